The summed E-state index contributed by atoms with van der Waals surface area (Å²) in [5.74, 6) is 0. The first-order valence-corrected chi connectivity index (χ1v) is 7.00. The Morgan fingerprint density at radius 2 is 1.84 bits per heavy atom. The highest BCUT2D eigenvalue weighted by Crippen LogP contribution is 2.30. The van der Waals surface area contributed by atoms with Gasteiger partial charge in [-0.05, 0) is 43.0 Å². The Kier molecular flexibility index (Phi) is 4.51. The molecule has 2 N–H and O–H groups in total. The molecular weight excluding hydrogens is 277 g/mol. The summed E-state index contributed by atoms with van der Waals surface area (Å²) in [4.78, 5) is 0. The minimum Gasteiger partial charge on any atom is -0.324 e. The minimum absolute atomic E-state index is 0.147. The molecule has 2 rings (SSSR count). The van der Waals surface area contributed by atoms with Gasteiger partial charge in [0.25, 0.3) is 0 Å². The average Bonchev–Trinajstić information content (AvgIpc) is 2.37. The molecular formula is C16H17Cl2N. The van der Waals surface area contributed by atoms with Gasteiger partial charge in [-0.25, -0.2) is 0 Å². The molecule has 19 heavy (non-hydrogen) atoms. The van der Waals surface area contributed by atoms with Gasteiger partial charge in [0.2, 0.25) is 0 Å². The number of hydrogen-bond donors (Lipinski definition) is 1. The van der Waals surface area contributed by atoms with Crippen molar-refractivity contribution in [1.29, 1.82) is 0 Å². The Morgan fingerprint density at radius 3 is 2.58 bits per heavy atom. The minimum atomic E-state index is -0.147. The summed E-state index contributed by atoms with van der Waals surface area (Å²) in [6, 6.07) is 11.8. The van der Waals surface area contributed by atoms with Crippen LogP contribution in [0.25, 0.3) is 0 Å². The van der Waals surface area contributed by atoms with Gasteiger partial charge in [-0.2, -0.15) is 0 Å². The van der Waals surface area contributed by atoms with E-state index in [1.165, 1.54) is 16.7 Å². The molecule has 0 aliphatic rings. The molecule has 0 radical (unpaired) electrons. The summed E-state index contributed by atoms with van der Waals surface area (Å²) < 4.78 is 0. The lowest BCUT2D eigenvalue weighted by Crippen LogP contribution is -2.14. The number of nitrogens with two attached hydrogens (primary N) is 1. The maximum atomic E-state index is 6.27. The van der Waals surface area contributed by atoms with Crippen molar-refractivity contribution in [2.45, 2.75) is 26.3 Å². The van der Waals surface area contributed by atoms with Gasteiger partial charge in [0.1, 0.15) is 0 Å². The third-order valence-electron chi connectivity index (χ3n) is 3.33. The zero-order chi connectivity index (χ0) is 14.0. The fourth-order valence-electron chi connectivity index (χ4n) is 2.17. The maximum Gasteiger partial charge on any atom is 0.0640 e. The van der Waals surface area contributed by atoms with E-state index < -0.39 is 0 Å². The van der Waals surface area contributed by atoms with E-state index in [0.717, 1.165) is 12.0 Å². The molecule has 0 bridgehead atoms. The van der Waals surface area contributed by atoms with Crippen LogP contribution in [0.15, 0.2) is 36.4 Å². The van der Waals surface area contributed by atoms with E-state index in [1.807, 2.05) is 12.1 Å². The molecule has 0 heterocycles. The molecule has 0 fully saturated rings. The molecule has 2 aromatic rings. The summed E-state index contributed by atoms with van der Waals surface area (Å²) >= 11 is 12.2. The monoisotopic (exact) mass is 293 g/mol. The van der Waals surface area contributed by atoms with Crippen LogP contribution in [-0.2, 0) is 6.42 Å². The summed E-state index contributed by atoms with van der Waals surface area (Å²) in [5, 5.41) is 1.11. The smallest absolute Gasteiger partial charge is 0.0640 e. The van der Waals surface area contributed by atoms with E-state index in [2.05, 4.69) is 32.0 Å². The average molecular weight is 294 g/mol. The van der Waals surface area contributed by atoms with Crippen molar-refractivity contribution in [1.82, 2.24) is 0 Å². The fourth-order valence-corrected chi connectivity index (χ4v) is 2.62. The maximum absolute atomic E-state index is 6.27. The summed E-state index contributed by atoms with van der Waals surface area (Å²) in [7, 11) is 0. The van der Waals surface area contributed by atoms with Crippen molar-refractivity contribution in [2.75, 3.05) is 0 Å². The zero-order valence-corrected chi connectivity index (χ0v) is 12.6. The van der Waals surface area contributed by atoms with Crippen LogP contribution >= 0.6 is 23.2 Å². The second-order valence-electron chi connectivity index (χ2n) is 4.88. The molecule has 100 valence electrons. The van der Waals surface area contributed by atoms with E-state index in [9.17, 15) is 0 Å². The quantitative estimate of drug-likeness (QED) is 0.860. The topological polar surface area (TPSA) is 26.0 Å². The first-order valence-electron chi connectivity index (χ1n) is 6.24. The van der Waals surface area contributed by atoms with E-state index in [1.54, 1.807) is 6.07 Å². The van der Waals surface area contributed by atoms with Gasteiger partial charge >= 0.3 is 0 Å². The van der Waals surface area contributed by atoms with E-state index >= 15 is 0 Å². The second-order valence-corrected chi connectivity index (χ2v) is 5.67. The Morgan fingerprint density at radius 1 is 1.11 bits per heavy atom. The molecule has 0 aromatic heterocycles. The predicted octanol–water partition coefficient (Wildman–Crippen LogP) is 4.85. The lowest BCUT2D eigenvalue weighted by atomic mass is 9.95. The third-order valence-corrected chi connectivity index (χ3v) is 4.16. The van der Waals surface area contributed by atoms with Crippen LogP contribution in [-0.4, -0.2) is 0 Å². The first kappa shape index (κ1) is 14.4. The second kappa shape index (κ2) is 5.96. The standard InChI is InChI=1S/C16H17Cl2N/c1-10-6-7-11(2)12(8-10)9-15(19)13-4-3-5-14(17)16(13)18/h3-8,15H,9,19H2,1-2H3. The van der Waals surface area contributed by atoms with Gasteiger partial charge in [-0.15, -0.1) is 0 Å². The Balaban J connectivity index is 2.28. The molecule has 1 nitrogen and oxygen atoms in total. The first-order chi connectivity index (χ1) is 8.99. The lowest BCUT2D eigenvalue weighted by molar-refractivity contribution is 0.718. The van der Waals surface area contributed by atoms with E-state index in [4.69, 9.17) is 28.9 Å². The van der Waals surface area contributed by atoms with Crippen LogP contribution in [0.3, 0.4) is 0 Å². The van der Waals surface area contributed by atoms with Gasteiger partial charge in [-0.3, -0.25) is 0 Å². The Labute approximate surface area is 124 Å². The highest BCUT2D eigenvalue weighted by atomic mass is 35.5. The van der Waals surface area contributed by atoms with Gasteiger partial charge < -0.3 is 5.73 Å². The predicted molar refractivity (Wildman–Crippen MR) is 83.0 cm³/mol. The zero-order valence-electron chi connectivity index (χ0n) is 11.1. The lowest BCUT2D eigenvalue weighted by Gasteiger charge is -2.16. The summed E-state index contributed by atoms with van der Waals surface area (Å²) in [6.07, 6.45) is 0.758. The number of hydrogen-bond acceptors (Lipinski definition) is 1. The number of aryl methyl sites for hydroxylation is 2. The van der Waals surface area contributed by atoms with Crippen LogP contribution in [0.2, 0.25) is 10.0 Å². The van der Waals surface area contributed by atoms with Crippen LogP contribution in [0.1, 0.15) is 28.3 Å². The van der Waals surface area contributed by atoms with Crippen molar-refractivity contribution in [3.8, 4) is 0 Å². The number of halogens is 2. The van der Waals surface area contributed by atoms with Crippen molar-refractivity contribution in [3.05, 3.63) is 68.7 Å². The number of benzene rings is 2. The fraction of sp³-hybridized carbons (Fsp3) is 0.250. The molecule has 0 spiro atoms. The van der Waals surface area contributed by atoms with Crippen LogP contribution in [0.5, 0.6) is 0 Å². The molecule has 2 aromatic carbocycles. The van der Waals surface area contributed by atoms with Crippen molar-refractivity contribution < 1.29 is 0 Å². The van der Waals surface area contributed by atoms with E-state index in [0.29, 0.717) is 10.0 Å². The Bertz CT molecular complexity index is 593. The van der Waals surface area contributed by atoms with Crippen LogP contribution in [0, 0.1) is 13.8 Å². The highest BCUT2D eigenvalue weighted by molar-refractivity contribution is 6.42. The normalized spacial score (nSPS) is 12.5. The molecule has 0 aliphatic carbocycles. The van der Waals surface area contributed by atoms with Gasteiger partial charge in [0, 0.05) is 6.04 Å². The largest absolute Gasteiger partial charge is 0.324 e. The van der Waals surface area contributed by atoms with Crippen LogP contribution in [0.4, 0.5) is 0 Å². The van der Waals surface area contributed by atoms with Gasteiger partial charge in [0.05, 0.1) is 10.0 Å². The van der Waals surface area contributed by atoms with Crippen molar-refractivity contribution in [2.24, 2.45) is 5.73 Å². The van der Waals surface area contributed by atoms with Gasteiger partial charge in [-0.1, -0.05) is 59.1 Å². The number of rotatable bonds is 3. The van der Waals surface area contributed by atoms with E-state index in [-0.39, 0.29) is 6.04 Å². The molecule has 1 atom stereocenters. The van der Waals surface area contributed by atoms with Crippen molar-refractivity contribution in [3.63, 3.8) is 0 Å². The summed E-state index contributed by atoms with van der Waals surface area (Å²) in [6.45, 7) is 4.18. The molecule has 0 aliphatic heterocycles. The molecule has 3 heteroatoms. The van der Waals surface area contributed by atoms with Crippen molar-refractivity contribution >= 4 is 23.2 Å². The van der Waals surface area contributed by atoms with Crippen LogP contribution < -0.4 is 5.73 Å². The highest BCUT2D eigenvalue weighted by Gasteiger charge is 2.14. The Hall–Kier alpha value is -1.02. The molecule has 0 saturated heterocycles. The molecule has 1 unspecified atom stereocenters. The molecule has 0 saturated carbocycles. The SMILES string of the molecule is Cc1ccc(C)c(CC(N)c2cccc(Cl)c2Cl)c1. The molecule has 0 amide bonds. The van der Waals surface area contributed by atoms with Gasteiger partial charge in [0.15, 0.2) is 0 Å². The third kappa shape index (κ3) is 3.30. The summed E-state index contributed by atoms with van der Waals surface area (Å²) in [5.41, 5.74) is 10.9.